The van der Waals surface area contributed by atoms with E-state index >= 15 is 0 Å². The van der Waals surface area contributed by atoms with Gasteiger partial charge in [-0.15, -0.1) is 0 Å². The average Bonchev–Trinajstić information content (AvgIpc) is 3.13. The Morgan fingerprint density at radius 3 is 2.70 bits per heavy atom. The van der Waals surface area contributed by atoms with Crippen LogP contribution in [-0.4, -0.2) is 37.8 Å². The van der Waals surface area contributed by atoms with E-state index in [4.69, 9.17) is 9.47 Å². The number of fused-ring (bicyclic) bond motifs is 2. The van der Waals surface area contributed by atoms with Gasteiger partial charge in [-0.1, -0.05) is 24.3 Å². The summed E-state index contributed by atoms with van der Waals surface area (Å²) in [6.45, 7) is 5.09. The fraction of sp³-hybridized carbons (Fsp3) is 0.625. The van der Waals surface area contributed by atoms with Crippen LogP contribution in [0.4, 0.5) is 0 Å². The molecule has 2 unspecified atom stereocenters. The SMILES string of the molecule is COC1OC2(CC[N+]3(CCCC3)C2)c2ccccc21.[Br-]. The van der Waals surface area contributed by atoms with Crippen molar-refractivity contribution in [2.75, 3.05) is 33.3 Å². The van der Waals surface area contributed by atoms with E-state index in [2.05, 4.69) is 24.3 Å². The van der Waals surface area contributed by atoms with Crippen LogP contribution in [0.15, 0.2) is 24.3 Å². The Morgan fingerprint density at radius 1 is 1.20 bits per heavy atom. The number of ether oxygens (including phenoxy) is 2. The second-order valence-electron chi connectivity index (χ2n) is 6.39. The Labute approximate surface area is 131 Å². The van der Waals surface area contributed by atoms with Gasteiger partial charge in [0, 0.05) is 31.9 Å². The zero-order chi connectivity index (χ0) is 12.9. The van der Waals surface area contributed by atoms with E-state index in [-0.39, 0.29) is 28.9 Å². The summed E-state index contributed by atoms with van der Waals surface area (Å²) in [7, 11) is 1.75. The molecule has 2 fully saturated rings. The second kappa shape index (κ2) is 5.09. The second-order valence-corrected chi connectivity index (χ2v) is 6.39. The minimum atomic E-state index is -0.169. The molecule has 0 saturated carbocycles. The lowest BCUT2D eigenvalue weighted by atomic mass is 9.91. The van der Waals surface area contributed by atoms with Crippen LogP contribution in [0, 0.1) is 0 Å². The summed E-state index contributed by atoms with van der Waals surface area (Å²) in [4.78, 5) is 0. The Balaban J connectivity index is 0.00000121. The van der Waals surface area contributed by atoms with Crippen LogP contribution in [-0.2, 0) is 15.1 Å². The molecule has 2 atom stereocenters. The topological polar surface area (TPSA) is 18.5 Å². The van der Waals surface area contributed by atoms with Gasteiger partial charge in [-0.3, -0.25) is 0 Å². The van der Waals surface area contributed by atoms with Gasteiger partial charge in [0.1, 0.15) is 6.54 Å². The number of benzene rings is 1. The Morgan fingerprint density at radius 2 is 1.95 bits per heavy atom. The number of hydrogen-bond donors (Lipinski definition) is 0. The van der Waals surface area contributed by atoms with E-state index in [0.29, 0.717) is 0 Å². The predicted octanol–water partition coefficient (Wildman–Crippen LogP) is -0.425. The van der Waals surface area contributed by atoms with Gasteiger partial charge >= 0.3 is 0 Å². The third kappa shape index (κ3) is 1.97. The van der Waals surface area contributed by atoms with E-state index in [1.807, 2.05) is 0 Å². The van der Waals surface area contributed by atoms with Gasteiger partial charge in [0.05, 0.1) is 19.6 Å². The highest BCUT2D eigenvalue weighted by Crippen LogP contribution is 2.51. The van der Waals surface area contributed by atoms with Crippen LogP contribution in [0.3, 0.4) is 0 Å². The van der Waals surface area contributed by atoms with E-state index in [0.717, 1.165) is 13.0 Å². The average molecular weight is 340 g/mol. The van der Waals surface area contributed by atoms with Gasteiger partial charge in [-0.2, -0.15) is 0 Å². The van der Waals surface area contributed by atoms with Gasteiger partial charge in [0.25, 0.3) is 0 Å². The van der Waals surface area contributed by atoms with Crippen LogP contribution < -0.4 is 17.0 Å². The molecule has 2 spiro atoms. The first-order valence-corrected chi connectivity index (χ1v) is 7.42. The summed E-state index contributed by atoms with van der Waals surface area (Å²) >= 11 is 0. The quantitative estimate of drug-likeness (QED) is 0.647. The summed E-state index contributed by atoms with van der Waals surface area (Å²) in [5, 5.41) is 0. The van der Waals surface area contributed by atoms with E-state index < -0.39 is 0 Å². The lowest BCUT2D eigenvalue weighted by molar-refractivity contribution is -0.908. The summed E-state index contributed by atoms with van der Waals surface area (Å²) in [5.74, 6) is 0. The Kier molecular flexibility index (Phi) is 3.70. The van der Waals surface area contributed by atoms with Gasteiger partial charge in [-0.25, -0.2) is 0 Å². The largest absolute Gasteiger partial charge is 1.00 e. The van der Waals surface area contributed by atoms with Crippen LogP contribution in [0.1, 0.15) is 36.7 Å². The van der Waals surface area contributed by atoms with Crippen LogP contribution in [0.5, 0.6) is 0 Å². The normalized spacial score (nSPS) is 33.5. The van der Waals surface area contributed by atoms with Crippen molar-refractivity contribution in [2.24, 2.45) is 0 Å². The molecule has 0 amide bonds. The van der Waals surface area contributed by atoms with Gasteiger partial charge in [-0.05, 0) is 5.56 Å². The Hall–Kier alpha value is -0.420. The molecular formula is C16H22BrNO2. The fourth-order valence-electron chi connectivity index (χ4n) is 4.45. The summed E-state index contributed by atoms with van der Waals surface area (Å²) in [5.41, 5.74) is 2.54. The molecule has 4 heteroatoms. The number of halogens is 1. The summed E-state index contributed by atoms with van der Waals surface area (Å²) < 4.78 is 13.2. The zero-order valence-corrected chi connectivity index (χ0v) is 13.6. The zero-order valence-electron chi connectivity index (χ0n) is 12.0. The smallest absolute Gasteiger partial charge is 0.185 e. The minimum Gasteiger partial charge on any atom is -1.00 e. The first kappa shape index (κ1) is 14.5. The molecule has 1 aromatic carbocycles. The number of methoxy groups -OCH3 is 1. The molecule has 0 bridgehead atoms. The molecule has 3 heterocycles. The predicted molar refractivity (Wildman–Crippen MR) is 72.5 cm³/mol. The van der Waals surface area contributed by atoms with Crippen molar-refractivity contribution in [2.45, 2.75) is 31.2 Å². The van der Waals surface area contributed by atoms with Crippen molar-refractivity contribution in [3.63, 3.8) is 0 Å². The monoisotopic (exact) mass is 339 g/mol. The number of rotatable bonds is 1. The molecule has 4 rings (SSSR count). The Bertz CT molecular complexity index is 501. The van der Waals surface area contributed by atoms with Crippen LogP contribution in [0.2, 0.25) is 0 Å². The lowest BCUT2D eigenvalue weighted by Crippen LogP contribution is -3.00. The third-order valence-corrected chi connectivity index (χ3v) is 5.35. The van der Waals surface area contributed by atoms with E-state index in [1.54, 1.807) is 7.11 Å². The van der Waals surface area contributed by atoms with E-state index in [1.165, 1.54) is 48.1 Å². The van der Waals surface area contributed by atoms with Gasteiger partial charge in [0.2, 0.25) is 0 Å². The van der Waals surface area contributed by atoms with E-state index in [9.17, 15) is 0 Å². The number of hydrogen-bond acceptors (Lipinski definition) is 2. The van der Waals surface area contributed by atoms with Crippen LogP contribution >= 0.6 is 0 Å². The van der Waals surface area contributed by atoms with Crippen molar-refractivity contribution < 1.29 is 30.9 Å². The van der Waals surface area contributed by atoms with Gasteiger partial charge < -0.3 is 30.9 Å². The lowest BCUT2D eigenvalue weighted by Gasteiger charge is -2.31. The number of nitrogens with zero attached hydrogens (tertiary/aromatic N) is 1. The van der Waals surface area contributed by atoms with Crippen molar-refractivity contribution in [1.29, 1.82) is 0 Å². The molecule has 3 aliphatic rings. The highest BCUT2D eigenvalue weighted by atomic mass is 79.9. The molecule has 0 radical (unpaired) electrons. The van der Waals surface area contributed by atoms with Crippen LogP contribution in [0.25, 0.3) is 0 Å². The summed E-state index contributed by atoms with van der Waals surface area (Å²) in [6.07, 6.45) is 3.73. The fourth-order valence-corrected chi connectivity index (χ4v) is 4.45. The maximum absolute atomic E-state index is 6.38. The molecule has 0 N–H and O–H groups in total. The molecule has 0 aromatic heterocycles. The van der Waals surface area contributed by atoms with Crippen molar-refractivity contribution >= 4 is 0 Å². The summed E-state index contributed by atoms with van der Waals surface area (Å²) in [6, 6.07) is 8.62. The van der Waals surface area contributed by atoms with Crippen molar-refractivity contribution in [1.82, 2.24) is 0 Å². The van der Waals surface area contributed by atoms with Crippen molar-refractivity contribution in [3.05, 3.63) is 35.4 Å². The molecule has 3 nitrogen and oxygen atoms in total. The van der Waals surface area contributed by atoms with Crippen molar-refractivity contribution in [3.8, 4) is 0 Å². The first-order valence-electron chi connectivity index (χ1n) is 7.42. The molecule has 2 saturated heterocycles. The molecule has 20 heavy (non-hydrogen) atoms. The minimum absolute atomic E-state index is 0. The maximum Gasteiger partial charge on any atom is 0.185 e. The molecule has 3 aliphatic heterocycles. The third-order valence-electron chi connectivity index (χ3n) is 5.35. The number of quaternary nitrogens is 1. The molecule has 1 aromatic rings. The highest BCUT2D eigenvalue weighted by molar-refractivity contribution is 5.38. The van der Waals surface area contributed by atoms with Gasteiger partial charge in [0.15, 0.2) is 11.9 Å². The molecule has 110 valence electrons. The highest BCUT2D eigenvalue weighted by Gasteiger charge is 2.56. The maximum atomic E-state index is 6.38. The standard InChI is InChI=1S/C16H22NO2.BrH/c1-18-15-13-6-2-3-7-14(13)16(19-15)8-11-17(12-16)9-4-5-10-17;/h2-3,6-7,15H,4-5,8-12H2,1H3;1H/q+1;/p-1. The molecule has 0 aliphatic carbocycles. The molecular weight excluding hydrogens is 318 g/mol. The first-order chi connectivity index (χ1) is 9.27.